The van der Waals surface area contributed by atoms with Crippen molar-refractivity contribution in [3.05, 3.63) is 77.1 Å². The number of nitrogens with zero attached hydrogens (tertiary/aromatic N) is 4. The number of pyridine rings is 1. The normalized spacial score (nSPS) is 10.8. The van der Waals surface area contributed by atoms with Gasteiger partial charge < -0.3 is 5.32 Å². The maximum absolute atomic E-state index is 12.5. The number of amides is 1. The summed E-state index contributed by atoms with van der Waals surface area (Å²) in [5.41, 5.74) is 4.17. The van der Waals surface area contributed by atoms with Crippen LogP contribution in [-0.2, 0) is 0 Å². The average Bonchev–Trinajstić information content (AvgIpc) is 3.06. The van der Waals surface area contributed by atoms with E-state index in [1.54, 1.807) is 23.0 Å². The van der Waals surface area contributed by atoms with E-state index in [9.17, 15) is 4.79 Å². The fourth-order valence-corrected chi connectivity index (χ4v) is 2.83. The van der Waals surface area contributed by atoms with Crippen molar-refractivity contribution in [1.82, 2.24) is 20.0 Å². The number of carbonyl (C=O) groups is 1. The third kappa shape index (κ3) is 3.02. The molecule has 0 radical (unpaired) electrons. The largest absolute Gasteiger partial charge is 0.322 e. The minimum absolute atomic E-state index is 0.166. The highest BCUT2D eigenvalue weighted by Crippen LogP contribution is 2.23. The van der Waals surface area contributed by atoms with Gasteiger partial charge in [0.2, 0.25) is 0 Å². The number of hydrogen-bond acceptors (Lipinski definition) is 4. The van der Waals surface area contributed by atoms with Crippen molar-refractivity contribution in [3.8, 4) is 5.69 Å². The van der Waals surface area contributed by atoms with Crippen molar-refractivity contribution in [2.75, 3.05) is 5.32 Å². The lowest BCUT2D eigenvalue weighted by Crippen LogP contribution is -2.13. The first-order chi connectivity index (χ1) is 12.6. The number of rotatable bonds is 3. The van der Waals surface area contributed by atoms with Crippen molar-refractivity contribution in [1.29, 1.82) is 0 Å². The molecule has 4 rings (SSSR count). The Hall–Kier alpha value is -3.25. The summed E-state index contributed by atoms with van der Waals surface area (Å²) in [6.45, 7) is 1.90. The molecular formula is C19H14ClN5O. The zero-order valence-electron chi connectivity index (χ0n) is 13.8. The summed E-state index contributed by atoms with van der Waals surface area (Å²) < 4.78 is 0. The van der Waals surface area contributed by atoms with Gasteiger partial charge in [-0.25, -0.2) is 4.98 Å². The van der Waals surface area contributed by atoms with Gasteiger partial charge in [-0.05, 0) is 48.9 Å². The fourth-order valence-electron chi connectivity index (χ4n) is 2.62. The minimum Gasteiger partial charge on any atom is -0.322 e. The predicted molar refractivity (Wildman–Crippen MR) is 101 cm³/mol. The molecule has 0 aliphatic rings. The maximum Gasteiger partial charge on any atom is 0.258 e. The molecular weight excluding hydrogens is 350 g/mol. The molecule has 0 bridgehead atoms. The third-order valence-corrected chi connectivity index (χ3v) is 4.27. The average molecular weight is 364 g/mol. The van der Waals surface area contributed by atoms with Crippen molar-refractivity contribution in [2.45, 2.75) is 6.92 Å². The van der Waals surface area contributed by atoms with E-state index in [-0.39, 0.29) is 11.1 Å². The highest BCUT2D eigenvalue weighted by atomic mass is 35.5. The van der Waals surface area contributed by atoms with Crippen LogP contribution in [0.25, 0.3) is 16.7 Å². The van der Waals surface area contributed by atoms with Gasteiger partial charge in [0.25, 0.3) is 5.91 Å². The third-order valence-electron chi connectivity index (χ3n) is 3.97. The van der Waals surface area contributed by atoms with Gasteiger partial charge in [0.15, 0.2) is 0 Å². The van der Waals surface area contributed by atoms with Crippen molar-refractivity contribution in [3.63, 3.8) is 0 Å². The number of hydrogen-bond donors (Lipinski definition) is 1. The van der Waals surface area contributed by atoms with Gasteiger partial charge >= 0.3 is 0 Å². The predicted octanol–water partition coefficient (Wildman–Crippen LogP) is 4.03. The number of halogens is 1. The van der Waals surface area contributed by atoms with Crippen LogP contribution in [0.1, 0.15) is 15.9 Å². The van der Waals surface area contributed by atoms with Gasteiger partial charge in [-0.1, -0.05) is 29.8 Å². The topological polar surface area (TPSA) is 72.7 Å². The Labute approximate surface area is 154 Å². The lowest BCUT2D eigenvalue weighted by Gasteiger charge is -2.08. The quantitative estimate of drug-likeness (QED) is 0.558. The zero-order valence-corrected chi connectivity index (χ0v) is 14.6. The smallest absolute Gasteiger partial charge is 0.258 e. The molecule has 2 aromatic carbocycles. The van der Waals surface area contributed by atoms with Crippen molar-refractivity contribution >= 4 is 34.2 Å². The number of fused-ring (bicyclic) bond motifs is 1. The monoisotopic (exact) mass is 363 g/mol. The SMILES string of the molecule is Cc1cc2nn(-c3ccccc3)nc2cc1NC(=O)c1cccnc1Cl. The highest BCUT2D eigenvalue weighted by Gasteiger charge is 2.14. The van der Waals surface area contributed by atoms with Crippen molar-refractivity contribution < 1.29 is 4.79 Å². The molecule has 0 atom stereocenters. The van der Waals surface area contributed by atoms with E-state index in [0.29, 0.717) is 16.8 Å². The van der Waals surface area contributed by atoms with Crippen LogP contribution in [0, 0.1) is 6.92 Å². The van der Waals surface area contributed by atoms with E-state index in [1.807, 2.05) is 43.3 Å². The molecule has 6 nitrogen and oxygen atoms in total. The summed E-state index contributed by atoms with van der Waals surface area (Å²) >= 11 is 5.99. The summed E-state index contributed by atoms with van der Waals surface area (Å²) in [5.74, 6) is -0.319. The lowest BCUT2D eigenvalue weighted by atomic mass is 10.1. The molecule has 0 aliphatic carbocycles. The summed E-state index contributed by atoms with van der Waals surface area (Å²) in [4.78, 5) is 18.0. The second-order valence-electron chi connectivity index (χ2n) is 5.78. The van der Waals surface area contributed by atoms with E-state index in [4.69, 9.17) is 11.6 Å². The number of aryl methyl sites for hydroxylation is 1. The Morgan fingerprint density at radius 1 is 1.04 bits per heavy atom. The first-order valence-electron chi connectivity index (χ1n) is 7.97. The molecule has 1 amide bonds. The van der Waals surface area contributed by atoms with Gasteiger partial charge in [-0.15, -0.1) is 10.2 Å². The molecule has 26 heavy (non-hydrogen) atoms. The molecule has 7 heteroatoms. The van der Waals surface area contributed by atoms with Crippen LogP contribution in [0.3, 0.4) is 0 Å². The number of benzene rings is 2. The van der Waals surface area contributed by atoms with Crippen LogP contribution in [0.5, 0.6) is 0 Å². The molecule has 0 saturated heterocycles. The van der Waals surface area contributed by atoms with Crippen LogP contribution in [0.2, 0.25) is 5.15 Å². The Morgan fingerprint density at radius 2 is 1.77 bits per heavy atom. The van der Waals surface area contributed by atoms with Crippen LogP contribution in [-0.4, -0.2) is 25.9 Å². The molecule has 0 aliphatic heterocycles. The molecule has 0 spiro atoms. The van der Waals surface area contributed by atoms with Gasteiger partial charge in [0.05, 0.1) is 11.3 Å². The van der Waals surface area contributed by atoms with E-state index in [0.717, 1.165) is 16.8 Å². The molecule has 0 saturated carbocycles. The zero-order chi connectivity index (χ0) is 18.1. The molecule has 0 unspecified atom stereocenters. The summed E-state index contributed by atoms with van der Waals surface area (Å²) in [5, 5.41) is 12.0. The van der Waals surface area contributed by atoms with E-state index in [1.165, 1.54) is 6.20 Å². The summed E-state index contributed by atoms with van der Waals surface area (Å²) in [6, 6.07) is 16.6. The Bertz CT molecular complexity index is 1110. The molecule has 1 N–H and O–H groups in total. The summed E-state index contributed by atoms with van der Waals surface area (Å²) in [7, 11) is 0. The molecule has 128 valence electrons. The minimum atomic E-state index is -0.319. The molecule has 0 fully saturated rings. The number of nitrogens with one attached hydrogen (secondary N) is 1. The second-order valence-corrected chi connectivity index (χ2v) is 6.13. The van der Waals surface area contributed by atoms with E-state index in [2.05, 4.69) is 20.5 Å². The fraction of sp³-hybridized carbons (Fsp3) is 0.0526. The van der Waals surface area contributed by atoms with Gasteiger partial charge in [-0.3, -0.25) is 4.79 Å². The lowest BCUT2D eigenvalue weighted by molar-refractivity contribution is 0.102. The number of para-hydroxylation sites is 1. The number of carbonyl (C=O) groups excluding carboxylic acids is 1. The van der Waals surface area contributed by atoms with Crippen LogP contribution in [0.4, 0.5) is 5.69 Å². The molecule has 2 heterocycles. The number of aromatic nitrogens is 4. The van der Waals surface area contributed by atoms with Crippen molar-refractivity contribution in [2.24, 2.45) is 0 Å². The highest BCUT2D eigenvalue weighted by molar-refractivity contribution is 6.33. The Morgan fingerprint density at radius 3 is 2.50 bits per heavy atom. The molecule has 4 aromatic rings. The van der Waals surface area contributed by atoms with Crippen LogP contribution < -0.4 is 5.32 Å². The standard InChI is InChI=1S/C19H14ClN5O/c1-12-10-16-17(24-25(23-16)13-6-3-2-4-7-13)11-15(12)22-19(26)14-8-5-9-21-18(14)20/h2-11H,1H3,(H,22,26). The Balaban J connectivity index is 1.69. The van der Waals surface area contributed by atoms with Gasteiger partial charge in [0, 0.05) is 11.9 Å². The molecule has 2 aromatic heterocycles. The van der Waals surface area contributed by atoms with Gasteiger partial charge in [-0.2, -0.15) is 4.80 Å². The maximum atomic E-state index is 12.5. The first-order valence-corrected chi connectivity index (χ1v) is 8.34. The Kier molecular flexibility index (Phi) is 4.10. The number of anilines is 1. The van der Waals surface area contributed by atoms with Crippen LogP contribution in [0.15, 0.2) is 60.8 Å². The second kappa shape index (κ2) is 6.57. The van der Waals surface area contributed by atoms with Crippen LogP contribution >= 0.6 is 11.6 Å². The first kappa shape index (κ1) is 16.2. The van der Waals surface area contributed by atoms with E-state index < -0.39 is 0 Å². The van der Waals surface area contributed by atoms with E-state index >= 15 is 0 Å². The van der Waals surface area contributed by atoms with Gasteiger partial charge in [0.1, 0.15) is 16.2 Å². The summed E-state index contributed by atoms with van der Waals surface area (Å²) in [6.07, 6.45) is 1.54.